The summed E-state index contributed by atoms with van der Waals surface area (Å²) in [5.74, 6) is -2.80. The summed E-state index contributed by atoms with van der Waals surface area (Å²) in [6.07, 6.45) is 0.145. The molecule has 0 bridgehead atoms. The maximum Gasteiger partial charge on any atom is 0.414 e. The zero-order chi connectivity index (χ0) is 30.8. The van der Waals surface area contributed by atoms with Crippen LogP contribution in [-0.2, 0) is 40.6 Å². The normalized spacial score (nSPS) is 17.8. The Kier molecular flexibility index (Phi) is 9.50. The molecule has 0 saturated carbocycles. The number of ether oxygens (including phenoxy) is 2. The fraction of sp³-hybridized carbons (Fsp3) is 0.520. The molecule has 16 heteroatoms. The van der Waals surface area contributed by atoms with Crippen molar-refractivity contribution in [2.45, 2.75) is 56.7 Å². The van der Waals surface area contributed by atoms with Crippen molar-refractivity contribution in [2.24, 2.45) is 0 Å². The Morgan fingerprint density at radius 3 is 2.29 bits per heavy atom. The third-order valence-corrected chi connectivity index (χ3v) is 9.53. The number of hydrogen-bond acceptors (Lipinski definition) is 11. The van der Waals surface area contributed by atoms with Crippen LogP contribution in [-0.4, -0.2) is 104 Å². The highest BCUT2D eigenvalue weighted by Gasteiger charge is 2.46. The van der Waals surface area contributed by atoms with Crippen LogP contribution in [0.2, 0.25) is 0 Å². The molecule has 2 amide bonds. The van der Waals surface area contributed by atoms with Gasteiger partial charge in [-0.2, -0.15) is 5.10 Å². The summed E-state index contributed by atoms with van der Waals surface area (Å²) < 4.78 is 63.8. The Hall–Kier alpha value is -3.50. The third kappa shape index (κ3) is 8.04. The van der Waals surface area contributed by atoms with E-state index in [1.807, 2.05) is 0 Å². The lowest BCUT2D eigenvalue weighted by molar-refractivity contribution is -0.162. The zero-order valence-electron chi connectivity index (χ0n) is 23.7. The zero-order valence-corrected chi connectivity index (χ0v) is 25.3. The molecule has 3 rings (SSSR count). The second-order valence-electron chi connectivity index (χ2n) is 10.8. The summed E-state index contributed by atoms with van der Waals surface area (Å²) in [6, 6.07) is 2.79. The van der Waals surface area contributed by atoms with Gasteiger partial charge in [0.1, 0.15) is 28.3 Å². The second kappa shape index (κ2) is 12.2. The van der Waals surface area contributed by atoms with Gasteiger partial charge >= 0.3 is 12.1 Å². The minimum atomic E-state index is -4.75. The van der Waals surface area contributed by atoms with Crippen LogP contribution in [0.3, 0.4) is 0 Å². The van der Waals surface area contributed by atoms with Crippen LogP contribution in [0.1, 0.15) is 32.0 Å². The molecule has 2 heterocycles. The number of sulfonamides is 1. The lowest BCUT2D eigenvalue weighted by Gasteiger charge is -2.35. The molecular weight excluding hydrogens is 578 g/mol. The number of H-pyrrole nitrogens is 1. The quantitative estimate of drug-likeness (QED) is 0.398. The van der Waals surface area contributed by atoms with Gasteiger partial charge in [-0.05, 0) is 45.4 Å². The smallest absolute Gasteiger partial charge is 0.414 e. The predicted octanol–water partition coefficient (Wildman–Crippen LogP) is 0.635. The van der Waals surface area contributed by atoms with Gasteiger partial charge in [0, 0.05) is 33.3 Å². The number of benzene rings is 1. The Bertz CT molecular complexity index is 1490. The first-order chi connectivity index (χ1) is 18.9. The van der Waals surface area contributed by atoms with Crippen molar-refractivity contribution < 1.29 is 40.7 Å². The van der Waals surface area contributed by atoms with Gasteiger partial charge < -0.3 is 19.7 Å². The van der Waals surface area contributed by atoms with Gasteiger partial charge in [-0.3, -0.25) is 9.89 Å². The number of carbonyl (C=O) groups excluding carboxylic acids is 3. The summed E-state index contributed by atoms with van der Waals surface area (Å²) in [4.78, 5) is 40.2. The standard InChI is InChI=1S/C25H35N5O9S2/c1-16-21(14-27-28-16)41(36,37)30(22(31)19-15-40(34,35)12-11-26-19)20(23(32)39-25(2,3)4)13-17-7-9-18(10-8-17)38-24(33)29(5)6/h7-10,14,19-20,26H,11-13,15H2,1-6H3,(H,27,28)/t19?,20-/m0/s1. The first-order valence-electron chi connectivity index (χ1n) is 12.6. The van der Waals surface area contributed by atoms with Crippen LogP contribution in [0.15, 0.2) is 35.4 Å². The first kappa shape index (κ1) is 32.0. The molecule has 1 saturated heterocycles. The predicted molar refractivity (Wildman–Crippen MR) is 147 cm³/mol. The van der Waals surface area contributed by atoms with E-state index < -0.39 is 61.3 Å². The molecule has 0 aliphatic carbocycles. The first-order valence-corrected chi connectivity index (χ1v) is 15.9. The van der Waals surface area contributed by atoms with Crippen molar-refractivity contribution >= 4 is 37.8 Å². The van der Waals surface area contributed by atoms with E-state index >= 15 is 0 Å². The molecule has 2 atom stereocenters. The number of aromatic nitrogens is 2. The van der Waals surface area contributed by atoms with Crippen LogP contribution in [0.25, 0.3) is 0 Å². The van der Waals surface area contributed by atoms with E-state index in [0.717, 1.165) is 6.20 Å². The Morgan fingerprint density at radius 2 is 1.78 bits per heavy atom. The highest BCUT2D eigenvalue weighted by atomic mass is 32.2. The van der Waals surface area contributed by atoms with Crippen LogP contribution in [0.5, 0.6) is 5.75 Å². The third-order valence-electron chi connectivity index (χ3n) is 5.95. The van der Waals surface area contributed by atoms with Gasteiger partial charge in [0.25, 0.3) is 15.9 Å². The second-order valence-corrected chi connectivity index (χ2v) is 14.8. The lowest BCUT2D eigenvalue weighted by Crippen LogP contribution is -2.60. The maximum atomic E-state index is 14.0. The van der Waals surface area contributed by atoms with Crippen LogP contribution >= 0.6 is 0 Å². The van der Waals surface area contributed by atoms with E-state index in [0.29, 0.717) is 9.87 Å². The van der Waals surface area contributed by atoms with Gasteiger partial charge in [-0.25, -0.2) is 30.7 Å². The molecule has 14 nitrogen and oxygen atoms in total. The molecule has 2 aromatic rings. The summed E-state index contributed by atoms with van der Waals surface area (Å²) in [5, 5.41) is 9.04. The number of aryl methyl sites for hydroxylation is 1. The molecule has 0 radical (unpaired) electrons. The number of sulfone groups is 1. The minimum Gasteiger partial charge on any atom is -0.458 e. The Labute approximate surface area is 239 Å². The largest absolute Gasteiger partial charge is 0.458 e. The van der Waals surface area contributed by atoms with Crippen molar-refractivity contribution in [1.82, 2.24) is 24.7 Å². The van der Waals surface area contributed by atoms with Gasteiger partial charge in [-0.15, -0.1) is 0 Å². The van der Waals surface area contributed by atoms with E-state index in [9.17, 15) is 31.2 Å². The van der Waals surface area contributed by atoms with Crippen LogP contribution in [0, 0.1) is 6.92 Å². The van der Waals surface area contributed by atoms with Crippen molar-refractivity contribution in [3.05, 3.63) is 41.7 Å². The van der Waals surface area contributed by atoms with Gasteiger partial charge in [-0.1, -0.05) is 12.1 Å². The van der Waals surface area contributed by atoms with E-state index in [1.165, 1.54) is 50.2 Å². The number of rotatable bonds is 8. The summed E-state index contributed by atoms with van der Waals surface area (Å²) in [5.41, 5.74) is -0.593. The molecule has 41 heavy (non-hydrogen) atoms. The molecule has 1 aromatic heterocycles. The monoisotopic (exact) mass is 613 g/mol. The molecule has 1 aromatic carbocycles. The van der Waals surface area contributed by atoms with Crippen molar-refractivity contribution in [2.75, 3.05) is 32.1 Å². The fourth-order valence-corrected chi connectivity index (χ4v) is 7.05. The maximum absolute atomic E-state index is 14.0. The topological polar surface area (TPSA) is 185 Å². The van der Waals surface area contributed by atoms with Gasteiger partial charge in [0.15, 0.2) is 9.84 Å². The SMILES string of the molecule is Cc1n[nH]cc1S(=O)(=O)N(C(=O)C1CS(=O)(=O)CCN1)[C@@H](Cc1ccc(OC(=O)N(C)C)cc1)C(=O)OC(C)(C)C. The van der Waals surface area contributed by atoms with E-state index in [4.69, 9.17) is 9.47 Å². The molecule has 1 fully saturated rings. The highest BCUT2D eigenvalue weighted by Crippen LogP contribution is 2.27. The van der Waals surface area contributed by atoms with Crippen molar-refractivity contribution in [3.63, 3.8) is 0 Å². The fourth-order valence-electron chi connectivity index (χ4n) is 3.99. The average molecular weight is 614 g/mol. The number of carbonyl (C=O) groups is 3. The van der Waals surface area contributed by atoms with Gasteiger partial charge in [0.2, 0.25) is 0 Å². The number of esters is 1. The molecule has 0 spiro atoms. The number of amides is 2. The molecule has 1 unspecified atom stereocenters. The number of aromatic amines is 1. The molecule has 1 aliphatic heterocycles. The highest BCUT2D eigenvalue weighted by molar-refractivity contribution is 7.91. The van der Waals surface area contributed by atoms with E-state index in [2.05, 4.69) is 15.5 Å². The minimum absolute atomic E-state index is 0.0435. The van der Waals surface area contributed by atoms with Crippen LogP contribution in [0.4, 0.5) is 4.79 Å². The van der Waals surface area contributed by atoms with E-state index in [-0.39, 0.29) is 35.1 Å². The molecular formula is C25H35N5O9S2. The lowest BCUT2D eigenvalue weighted by atomic mass is 10.0. The van der Waals surface area contributed by atoms with Crippen molar-refractivity contribution in [1.29, 1.82) is 0 Å². The van der Waals surface area contributed by atoms with Crippen molar-refractivity contribution in [3.8, 4) is 5.75 Å². The van der Waals surface area contributed by atoms with Crippen LogP contribution < -0.4 is 10.1 Å². The molecule has 2 N–H and O–H groups in total. The Morgan fingerprint density at radius 1 is 1.15 bits per heavy atom. The number of nitrogens with one attached hydrogen (secondary N) is 2. The number of hydrogen-bond donors (Lipinski definition) is 2. The Balaban J connectivity index is 2.10. The average Bonchev–Trinajstić information content (AvgIpc) is 3.29. The summed E-state index contributed by atoms with van der Waals surface area (Å²) in [6.45, 7) is 6.11. The van der Waals surface area contributed by atoms with E-state index in [1.54, 1.807) is 20.8 Å². The number of nitrogens with zero attached hydrogens (tertiary/aromatic N) is 3. The summed E-state index contributed by atoms with van der Waals surface area (Å²) >= 11 is 0. The molecule has 1 aliphatic rings. The van der Waals surface area contributed by atoms with Gasteiger partial charge in [0.05, 0.1) is 17.2 Å². The summed E-state index contributed by atoms with van der Waals surface area (Å²) in [7, 11) is -5.37. The molecule has 226 valence electrons.